The Morgan fingerprint density at radius 1 is 1.22 bits per heavy atom. The van der Waals surface area contributed by atoms with Gasteiger partial charge in [0.1, 0.15) is 5.82 Å². The van der Waals surface area contributed by atoms with Gasteiger partial charge in [-0.05, 0) is 48.6 Å². The fourth-order valence-electron chi connectivity index (χ4n) is 5.40. The number of aliphatic hydroxyl groups is 1. The van der Waals surface area contributed by atoms with E-state index in [9.17, 15) is 9.90 Å². The van der Waals surface area contributed by atoms with Crippen molar-refractivity contribution < 1.29 is 19.4 Å². The third-order valence-electron chi connectivity index (χ3n) is 7.31. The van der Waals surface area contributed by atoms with E-state index >= 15 is 0 Å². The van der Waals surface area contributed by atoms with Crippen LogP contribution in [0, 0.1) is 0 Å². The van der Waals surface area contributed by atoms with Crippen LogP contribution in [0.2, 0.25) is 0 Å². The number of pyridine rings is 1. The molecule has 2 atom stereocenters. The Morgan fingerprint density at radius 3 is 2.94 bits per heavy atom. The maximum atomic E-state index is 12.8. The van der Waals surface area contributed by atoms with Gasteiger partial charge in [0.2, 0.25) is 0 Å². The summed E-state index contributed by atoms with van der Waals surface area (Å²) in [5, 5.41) is 20.7. The second-order valence-corrected chi connectivity index (χ2v) is 9.40. The number of fused-ring (bicyclic) bond motifs is 2. The molecule has 3 aliphatic rings. The van der Waals surface area contributed by atoms with E-state index in [-0.39, 0.29) is 24.8 Å². The average molecular weight is 491 g/mol. The summed E-state index contributed by atoms with van der Waals surface area (Å²) in [4.78, 5) is 19.5. The first-order valence-corrected chi connectivity index (χ1v) is 12.4. The molecule has 0 spiro atoms. The lowest BCUT2D eigenvalue weighted by Crippen LogP contribution is -2.52. The van der Waals surface area contributed by atoms with Crippen molar-refractivity contribution in [1.29, 1.82) is 0 Å². The van der Waals surface area contributed by atoms with Crippen molar-refractivity contribution in [2.45, 2.75) is 44.7 Å². The molecule has 0 aliphatic carbocycles. The normalized spacial score (nSPS) is 21.2. The summed E-state index contributed by atoms with van der Waals surface area (Å²) in [6, 6.07) is 7.69. The smallest absolute Gasteiger partial charge is 0.254 e. The molecule has 0 bridgehead atoms. The van der Waals surface area contributed by atoms with Crippen LogP contribution in [0.25, 0.3) is 11.1 Å². The number of benzene rings is 1. The first-order chi connectivity index (χ1) is 17.7. The predicted octanol–water partition coefficient (Wildman–Crippen LogP) is 2.44. The Balaban J connectivity index is 1.27. The van der Waals surface area contributed by atoms with Crippen molar-refractivity contribution in [3.63, 3.8) is 0 Å². The zero-order valence-corrected chi connectivity index (χ0v) is 20.2. The minimum atomic E-state index is -0.355. The first-order valence-electron chi connectivity index (χ1n) is 12.4. The number of hydrogen-bond donors (Lipinski definition) is 3. The van der Waals surface area contributed by atoms with Crippen LogP contribution in [-0.2, 0) is 29.0 Å². The van der Waals surface area contributed by atoms with Gasteiger partial charge in [-0.25, -0.2) is 4.98 Å². The topological polar surface area (TPSA) is 114 Å². The standard InChI is InChI=1S/C26H30N6O4/c1-35-24-13-31(17(14-33)15-36-24)16-5-8-23(27-10-16)30-21-7-6-18(20-11-28-26(34)25(20)21)19-12-29-32-9-3-2-4-22(19)32/h5-8,10,12,17,24,33H,2-4,9,11,13-15H2,1H3,(H,27,30)(H,28,34)/t17-,24-/m0/s1. The number of anilines is 3. The predicted molar refractivity (Wildman–Crippen MR) is 134 cm³/mol. The zero-order chi connectivity index (χ0) is 24.6. The Morgan fingerprint density at radius 2 is 2.14 bits per heavy atom. The molecule has 1 amide bonds. The van der Waals surface area contributed by atoms with E-state index in [1.54, 1.807) is 13.3 Å². The molecule has 0 radical (unpaired) electrons. The second kappa shape index (κ2) is 9.53. The largest absolute Gasteiger partial charge is 0.394 e. The molecule has 1 saturated heterocycles. The van der Waals surface area contributed by atoms with E-state index < -0.39 is 0 Å². The van der Waals surface area contributed by atoms with Gasteiger partial charge in [0.15, 0.2) is 6.29 Å². The number of carbonyl (C=O) groups excluding carboxylic acids is 1. The number of rotatable bonds is 6. The van der Waals surface area contributed by atoms with Crippen LogP contribution in [0.3, 0.4) is 0 Å². The molecule has 1 aromatic carbocycles. The summed E-state index contributed by atoms with van der Waals surface area (Å²) in [7, 11) is 1.61. The SMILES string of the molecule is CO[C@@H]1CN(c2ccc(Nc3ccc(-c4cnn5c4CCCC5)c4c3C(=O)NC4)nc2)[C@@H](CO)CO1. The summed E-state index contributed by atoms with van der Waals surface area (Å²) in [5.41, 5.74) is 6.68. The maximum absolute atomic E-state index is 12.8. The van der Waals surface area contributed by atoms with Gasteiger partial charge >= 0.3 is 0 Å². The number of ether oxygens (including phenoxy) is 2. The number of methoxy groups -OCH3 is 1. The first kappa shape index (κ1) is 23.0. The molecule has 1 fully saturated rings. The van der Waals surface area contributed by atoms with Crippen LogP contribution < -0.4 is 15.5 Å². The van der Waals surface area contributed by atoms with Crippen LogP contribution >= 0.6 is 0 Å². The molecule has 2 aromatic heterocycles. The van der Waals surface area contributed by atoms with E-state index in [2.05, 4.69) is 31.5 Å². The second-order valence-electron chi connectivity index (χ2n) is 9.40. The van der Waals surface area contributed by atoms with Crippen LogP contribution in [-0.4, -0.2) is 65.0 Å². The number of aliphatic hydroxyl groups excluding tert-OH is 1. The lowest BCUT2D eigenvalue weighted by atomic mass is 9.94. The number of nitrogens with one attached hydrogen (secondary N) is 2. The summed E-state index contributed by atoms with van der Waals surface area (Å²) >= 11 is 0. The van der Waals surface area contributed by atoms with Gasteiger partial charge in [-0.3, -0.25) is 9.48 Å². The van der Waals surface area contributed by atoms with Crippen LogP contribution in [0.1, 0.15) is 34.5 Å². The highest BCUT2D eigenvalue weighted by Crippen LogP contribution is 2.37. The monoisotopic (exact) mass is 490 g/mol. The summed E-state index contributed by atoms with van der Waals surface area (Å²) in [6.45, 7) is 2.31. The van der Waals surface area contributed by atoms with Gasteiger partial charge in [-0.1, -0.05) is 6.07 Å². The highest BCUT2D eigenvalue weighted by Gasteiger charge is 2.30. The van der Waals surface area contributed by atoms with Crippen molar-refractivity contribution in [3.05, 3.63) is 53.5 Å². The van der Waals surface area contributed by atoms with E-state index in [4.69, 9.17) is 9.47 Å². The Hall–Kier alpha value is -3.47. The number of aromatic nitrogens is 3. The van der Waals surface area contributed by atoms with Crippen LogP contribution in [0.15, 0.2) is 36.7 Å². The van der Waals surface area contributed by atoms with E-state index in [0.29, 0.717) is 31.1 Å². The number of hydrogen-bond acceptors (Lipinski definition) is 8. The van der Waals surface area contributed by atoms with E-state index in [0.717, 1.165) is 53.9 Å². The Labute approximate surface area is 209 Å². The number of morpholine rings is 1. The van der Waals surface area contributed by atoms with Crippen molar-refractivity contribution in [1.82, 2.24) is 20.1 Å². The lowest BCUT2D eigenvalue weighted by Gasteiger charge is -2.39. The number of nitrogens with zero attached hydrogens (tertiary/aromatic N) is 4. The quantitative estimate of drug-likeness (QED) is 0.483. The molecular weight excluding hydrogens is 460 g/mol. The van der Waals surface area contributed by atoms with Gasteiger partial charge in [0.05, 0.1) is 55.1 Å². The van der Waals surface area contributed by atoms with Gasteiger partial charge in [-0.15, -0.1) is 0 Å². The zero-order valence-electron chi connectivity index (χ0n) is 20.2. The van der Waals surface area contributed by atoms with Crippen molar-refractivity contribution >= 4 is 23.1 Å². The van der Waals surface area contributed by atoms with Gasteiger partial charge in [-0.2, -0.15) is 5.10 Å². The van der Waals surface area contributed by atoms with Crippen LogP contribution in [0.5, 0.6) is 0 Å². The number of amides is 1. The number of carbonyl (C=O) groups is 1. The molecular formula is C26H30N6O4. The Bertz CT molecular complexity index is 1270. The minimum Gasteiger partial charge on any atom is -0.394 e. The third-order valence-corrected chi connectivity index (χ3v) is 7.31. The molecule has 3 aliphatic heterocycles. The molecule has 0 saturated carbocycles. The fourth-order valence-corrected chi connectivity index (χ4v) is 5.40. The molecule has 3 aromatic rings. The molecule has 0 unspecified atom stereocenters. The molecule has 6 rings (SSSR count). The minimum absolute atomic E-state index is 0.0232. The highest BCUT2D eigenvalue weighted by atomic mass is 16.7. The van der Waals surface area contributed by atoms with E-state index in [1.165, 1.54) is 5.69 Å². The molecule has 3 N–H and O–H groups in total. The molecule has 36 heavy (non-hydrogen) atoms. The molecule has 5 heterocycles. The molecule has 10 heteroatoms. The molecule has 188 valence electrons. The van der Waals surface area contributed by atoms with Crippen molar-refractivity contribution in [2.24, 2.45) is 0 Å². The molecule has 10 nitrogen and oxygen atoms in total. The van der Waals surface area contributed by atoms with Crippen molar-refractivity contribution in [3.8, 4) is 11.1 Å². The third kappa shape index (κ3) is 4.01. The number of aryl methyl sites for hydroxylation is 1. The summed E-state index contributed by atoms with van der Waals surface area (Å²) in [6.07, 6.45) is 6.66. The lowest BCUT2D eigenvalue weighted by molar-refractivity contribution is -0.140. The fraction of sp³-hybridized carbons (Fsp3) is 0.423. The van der Waals surface area contributed by atoms with E-state index in [1.807, 2.05) is 29.3 Å². The van der Waals surface area contributed by atoms with Gasteiger partial charge in [0, 0.05) is 31.5 Å². The summed E-state index contributed by atoms with van der Waals surface area (Å²) < 4.78 is 13.0. The van der Waals surface area contributed by atoms with Gasteiger partial charge < -0.3 is 30.1 Å². The maximum Gasteiger partial charge on any atom is 0.254 e. The van der Waals surface area contributed by atoms with Crippen molar-refractivity contribution in [2.75, 3.05) is 37.1 Å². The van der Waals surface area contributed by atoms with Crippen LogP contribution in [0.4, 0.5) is 17.2 Å². The highest BCUT2D eigenvalue weighted by molar-refractivity contribution is 6.06. The Kier molecular flexibility index (Phi) is 6.08. The van der Waals surface area contributed by atoms with Gasteiger partial charge in [0.25, 0.3) is 5.91 Å². The average Bonchev–Trinajstić information content (AvgIpc) is 3.53. The summed E-state index contributed by atoms with van der Waals surface area (Å²) in [5.74, 6) is 0.546.